The lowest BCUT2D eigenvalue weighted by atomic mass is 10.1. The van der Waals surface area contributed by atoms with Gasteiger partial charge in [0.05, 0.1) is 23.2 Å². The topological polar surface area (TPSA) is 66.5 Å². The summed E-state index contributed by atoms with van der Waals surface area (Å²) in [5.74, 6) is -1.72. The maximum Gasteiger partial charge on any atom is 0.418 e. The van der Waals surface area contributed by atoms with Crippen LogP contribution in [-0.2, 0) is 21.0 Å². The summed E-state index contributed by atoms with van der Waals surface area (Å²) in [6, 6.07) is 7.42. The van der Waals surface area contributed by atoms with E-state index in [0.29, 0.717) is 4.31 Å². The fourth-order valence-electron chi connectivity index (χ4n) is 2.50. The van der Waals surface area contributed by atoms with Crippen molar-refractivity contribution in [3.63, 3.8) is 0 Å². The Bertz CT molecular complexity index is 945. The summed E-state index contributed by atoms with van der Waals surface area (Å²) in [6.07, 6.45) is -3.89. The van der Waals surface area contributed by atoms with E-state index < -0.39 is 45.2 Å². The molecule has 0 unspecified atom stereocenters. The molecule has 0 heterocycles. The number of carbonyl (C=O) groups excluding carboxylic acids is 1. The number of nitrogens with one attached hydrogen (secondary N) is 1. The highest BCUT2D eigenvalue weighted by atomic mass is 32.2. The van der Waals surface area contributed by atoms with Gasteiger partial charge in [-0.1, -0.05) is 18.2 Å². The van der Waals surface area contributed by atoms with Gasteiger partial charge in [0.25, 0.3) is 0 Å². The minimum atomic E-state index is -4.70. The molecular weight excluding hydrogens is 388 g/mol. The second-order valence-electron chi connectivity index (χ2n) is 5.75. The first kappa shape index (κ1) is 20.7. The molecule has 1 atom stereocenters. The predicted octanol–water partition coefficient (Wildman–Crippen LogP) is 3.64. The van der Waals surface area contributed by atoms with Gasteiger partial charge in [-0.3, -0.25) is 9.10 Å². The first-order chi connectivity index (χ1) is 12.4. The van der Waals surface area contributed by atoms with Crippen molar-refractivity contribution in [2.45, 2.75) is 19.1 Å². The molecule has 10 heteroatoms. The minimum absolute atomic E-state index is 0.121. The van der Waals surface area contributed by atoms with Crippen molar-refractivity contribution in [2.75, 3.05) is 15.9 Å². The van der Waals surface area contributed by atoms with E-state index in [2.05, 4.69) is 5.32 Å². The molecule has 0 aliphatic carbocycles. The van der Waals surface area contributed by atoms with Gasteiger partial charge < -0.3 is 5.32 Å². The lowest BCUT2D eigenvalue weighted by Gasteiger charge is -2.28. The number of rotatable bonds is 5. The fourth-order valence-corrected chi connectivity index (χ4v) is 3.67. The second-order valence-corrected chi connectivity index (χ2v) is 7.61. The zero-order valence-electron chi connectivity index (χ0n) is 14.3. The lowest BCUT2D eigenvalue weighted by Crippen LogP contribution is -2.45. The fraction of sp³-hybridized carbons (Fsp3) is 0.235. The Labute approximate surface area is 153 Å². The molecule has 1 N–H and O–H groups in total. The van der Waals surface area contributed by atoms with E-state index in [1.54, 1.807) is 0 Å². The number of halogens is 4. The van der Waals surface area contributed by atoms with E-state index in [1.165, 1.54) is 25.1 Å². The number of sulfonamides is 1. The summed E-state index contributed by atoms with van der Waals surface area (Å²) in [4.78, 5) is 12.5. The Morgan fingerprint density at radius 1 is 1.11 bits per heavy atom. The number of carbonyl (C=O) groups is 1. The number of amides is 1. The minimum Gasteiger partial charge on any atom is -0.324 e. The van der Waals surface area contributed by atoms with Crippen LogP contribution in [0, 0.1) is 5.82 Å². The first-order valence-corrected chi connectivity index (χ1v) is 9.48. The van der Waals surface area contributed by atoms with E-state index in [4.69, 9.17) is 0 Å². The Morgan fingerprint density at radius 3 is 2.30 bits per heavy atom. The Kier molecular flexibility index (Phi) is 5.79. The number of anilines is 2. The molecule has 0 spiro atoms. The smallest absolute Gasteiger partial charge is 0.324 e. The number of hydrogen-bond donors (Lipinski definition) is 1. The van der Waals surface area contributed by atoms with Crippen LogP contribution in [0.4, 0.5) is 28.9 Å². The number of alkyl halides is 3. The third-order valence-corrected chi connectivity index (χ3v) is 4.88. The molecular formula is C17H16F4N2O3S. The molecule has 5 nitrogen and oxygen atoms in total. The van der Waals surface area contributed by atoms with Crippen LogP contribution in [0.5, 0.6) is 0 Å². The van der Waals surface area contributed by atoms with Crippen molar-refractivity contribution < 1.29 is 30.8 Å². The van der Waals surface area contributed by atoms with Crippen molar-refractivity contribution in [3.8, 4) is 0 Å². The van der Waals surface area contributed by atoms with Gasteiger partial charge in [-0.2, -0.15) is 13.2 Å². The highest BCUT2D eigenvalue weighted by Crippen LogP contribution is 2.34. The third-order valence-electron chi connectivity index (χ3n) is 3.64. The van der Waals surface area contributed by atoms with Gasteiger partial charge in [0.15, 0.2) is 0 Å². The molecule has 0 saturated carbocycles. The van der Waals surface area contributed by atoms with Gasteiger partial charge >= 0.3 is 6.18 Å². The van der Waals surface area contributed by atoms with E-state index >= 15 is 0 Å². The summed E-state index contributed by atoms with van der Waals surface area (Å²) in [7, 11) is -4.03. The standard InChI is InChI=1S/C17H16F4N2O3S/c1-11(23(27(2,25)26)13-7-5-6-12(18)10-13)16(24)22-15-9-4-3-8-14(15)17(19,20)21/h3-11H,1-2H3,(H,22,24)/t11-/m1/s1. The zero-order valence-corrected chi connectivity index (χ0v) is 15.1. The molecule has 2 rings (SSSR count). The van der Waals surface area contributed by atoms with Crippen molar-refractivity contribution in [1.82, 2.24) is 0 Å². The summed E-state index contributed by atoms with van der Waals surface area (Å²) >= 11 is 0. The molecule has 146 valence electrons. The normalized spacial score (nSPS) is 13.1. The third kappa shape index (κ3) is 4.97. The van der Waals surface area contributed by atoms with Crippen molar-refractivity contribution in [1.29, 1.82) is 0 Å². The Morgan fingerprint density at radius 2 is 1.74 bits per heavy atom. The summed E-state index contributed by atoms with van der Waals surface area (Å²) in [5, 5.41) is 2.09. The van der Waals surface area contributed by atoms with E-state index in [9.17, 15) is 30.8 Å². The van der Waals surface area contributed by atoms with Crippen LogP contribution in [0.2, 0.25) is 0 Å². The number of para-hydroxylation sites is 1. The Balaban J connectivity index is 2.38. The quantitative estimate of drug-likeness (QED) is 0.774. The monoisotopic (exact) mass is 404 g/mol. The van der Waals surface area contributed by atoms with Gasteiger partial charge in [0.1, 0.15) is 11.9 Å². The van der Waals surface area contributed by atoms with E-state index in [1.807, 2.05) is 0 Å². The van der Waals surface area contributed by atoms with Crippen molar-refractivity contribution in [2.24, 2.45) is 0 Å². The SMILES string of the molecule is C[C@H](C(=O)Nc1ccccc1C(F)(F)F)N(c1cccc(F)c1)S(C)(=O)=O. The van der Waals surface area contributed by atoms with Gasteiger partial charge in [0, 0.05) is 0 Å². The lowest BCUT2D eigenvalue weighted by molar-refractivity contribution is -0.137. The van der Waals surface area contributed by atoms with Crippen LogP contribution >= 0.6 is 0 Å². The molecule has 2 aromatic rings. The van der Waals surface area contributed by atoms with Crippen LogP contribution < -0.4 is 9.62 Å². The van der Waals surface area contributed by atoms with E-state index in [0.717, 1.165) is 36.6 Å². The molecule has 0 saturated heterocycles. The average molecular weight is 404 g/mol. The van der Waals surface area contributed by atoms with Gasteiger partial charge in [-0.25, -0.2) is 12.8 Å². The molecule has 0 radical (unpaired) electrons. The van der Waals surface area contributed by atoms with Crippen molar-refractivity contribution in [3.05, 3.63) is 59.9 Å². The maximum atomic E-state index is 13.5. The Hall–Kier alpha value is -2.62. The highest BCUT2D eigenvalue weighted by Gasteiger charge is 2.35. The van der Waals surface area contributed by atoms with E-state index in [-0.39, 0.29) is 5.69 Å². The predicted molar refractivity (Wildman–Crippen MR) is 93.3 cm³/mol. The second kappa shape index (κ2) is 7.55. The molecule has 1 amide bonds. The van der Waals surface area contributed by atoms with Gasteiger partial charge in [-0.05, 0) is 37.3 Å². The van der Waals surface area contributed by atoms with Crippen LogP contribution in [0.1, 0.15) is 12.5 Å². The van der Waals surface area contributed by atoms with Gasteiger partial charge in [0.2, 0.25) is 15.9 Å². The van der Waals surface area contributed by atoms with Gasteiger partial charge in [-0.15, -0.1) is 0 Å². The molecule has 0 aromatic heterocycles. The van der Waals surface area contributed by atoms with Crippen LogP contribution in [-0.4, -0.2) is 26.6 Å². The van der Waals surface area contributed by atoms with Crippen molar-refractivity contribution >= 4 is 27.3 Å². The molecule has 27 heavy (non-hydrogen) atoms. The molecule has 0 bridgehead atoms. The van der Waals surface area contributed by atoms with Crippen LogP contribution in [0.25, 0.3) is 0 Å². The summed E-state index contributed by atoms with van der Waals surface area (Å²) in [6.45, 7) is 1.19. The number of benzene rings is 2. The highest BCUT2D eigenvalue weighted by molar-refractivity contribution is 7.92. The largest absolute Gasteiger partial charge is 0.418 e. The number of nitrogens with zero attached hydrogens (tertiary/aromatic N) is 1. The first-order valence-electron chi connectivity index (χ1n) is 7.63. The average Bonchev–Trinajstić information content (AvgIpc) is 2.53. The summed E-state index contributed by atoms with van der Waals surface area (Å²) < 4.78 is 77.5. The molecule has 2 aromatic carbocycles. The molecule has 0 fully saturated rings. The maximum absolute atomic E-state index is 13.5. The molecule has 0 aliphatic rings. The number of hydrogen-bond acceptors (Lipinski definition) is 3. The zero-order chi connectivity index (χ0) is 20.4. The van der Waals surface area contributed by atoms with Crippen LogP contribution in [0.15, 0.2) is 48.5 Å². The summed E-state index contributed by atoms with van der Waals surface area (Å²) in [5.41, 5.74) is -1.69. The molecule has 0 aliphatic heterocycles. The van der Waals surface area contributed by atoms with Crippen LogP contribution in [0.3, 0.4) is 0 Å².